The summed E-state index contributed by atoms with van der Waals surface area (Å²) in [6, 6.07) is 3.98. The third-order valence-corrected chi connectivity index (χ3v) is 2.85. The Morgan fingerprint density at radius 1 is 1.22 bits per heavy atom. The number of carboxylic acid groups (broad SMARTS) is 1. The fourth-order valence-electron chi connectivity index (χ4n) is 1.93. The molecule has 0 bridgehead atoms. The Labute approximate surface area is 107 Å². The Balaban J connectivity index is 2.80. The van der Waals surface area contributed by atoms with Crippen molar-refractivity contribution in [3.63, 3.8) is 0 Å². The number of anilines is 1. The van der Waals surface area contributed by atoms with Crippen molar-refractivity contribution in [2.75, 3.05) is 5.32 Å². The van der Waals surface area contributed by atoms with E-state index in [0.29, 0.717) is 0 Å². The van der Waals surface area contributed by atoms with Crippen LogP contribution < -0.4 is 5.32 Å². The van der Waals surface area contributed by atoms with Gasteiger partial charge in [0, 0.05) is 12.1 Å². The summed E-state index contributed by atoms with van der Waals surface area (Å²) in [5.74, 6) is -1.89. The number of hydrogen-bond donors (Lipinski definition) is 2. The second-order valence-electron chi connectivity index (χ2n) is 4.77. The van der Waals surface area contributed by atoms with Gasteiger partial charge in [0.15, 0.2) is 0 Å². The molecular weight excluding hydrogens is 230 g/mol. The van der Waals surface area contributed by atoms with Gasteiger partial charge in [0.25, 0.3) is 0 Å². The van der Waals surface area contributed by atoms with Crippen molar-refractivity contribution in [2.24, 2.45) is 5.92 Å². The number of amides is 1. The highest BCUT2D eigenvalue weighted by Gasteiger charge is 2.16. The molecule has 1 rings (SSSR count). The van der Waals surface area contributed by atoms with Gasteiger partial charge in [-0.05, 0) is 31.9 Å². The highest BCUT2D eigenvalue weighted by atomic mass is 16.4. The van der Waals surface area contributed by atoms with E-state index in [1.807, 2.05) is 32.9 Å². The van der Waals surface area contributed by atoms with Gasteiger partial charge >= 0.3 is 5.97 Å². The number of carboxylic acids is 1. The Morgan fingerprint density at radius 3 is 2.17 bits per heavy atom. The molecule has 4 nitrogen and oxygen atoms in total. The van der Waals surface area contributed by atoms with Crippen LogP contribution in [0.5, 0.6) is 0 Å². The first-order valence-electron chi connectivity index (χ1n) is 5.91. The topological polar surface area (TPSA) is 66.4 Å². The number of nitrogens with one attached hydrogen (secondary N) is 1. The molecule has 18 heavy (non-hydrogen) atoms. The molecule has 0 saturated carbocycles. The first-order valence-corrected chi connectivity index (χ1v) is 5.91. The second-order valence-corrected chi connectivity index (χ2v) is 4.77. The van der Waals surface area contributed by atoms with E-state index in [-0.39, 0.29) is 12.3 Å². The van der Waals surface area contributed by atoms with Gasteiger partial charge in [-0.1, -0.05) is 24.6 Å². The van der Waals surface area contributed by atoms with Crippen molar-refractivity contribution in [1.82, 2.24) is 0 Å². The van der Waals surface area contributed by atoms with Gasteiger partial charge in [-0.25, -0.2) is 0 Å². The highest BCUT2D eigenvalue weighted by molar-refractivity contribution is 5.94. The summed E-state index contributed by atoms with van der Waals surface area (Å²) in [4.78, 5) is 22.4. The molecule has 4 heteroatoms. The SMILES string of the molecule is Cc1cc(C)c(NC(=O)CC(C)C(=O)O)c(C)c1. The third-order valence-electron chi connectivity index (χ3n) is 2.85. The van der Waals surface area contributed by atoms with Crippen LogP contribution in [0, 0.1) is 26.7 Å². The van der Waals surface area contributed by atoms with Crippen molar-refractivity contribution >= 4 is 17.6 Å². The lowest BCUT2D eigenvalue weighted by molar-refractivity contribution is -0.142. The second kappa shape index (κ2) is 5.67. The average Bonchev–Trinajstić information content (AvgIpc) is 2.23. The van der Waals surface area contributed by atoms with Crippen LogP contribution in [0.3, 0.4) is 0 Å². The van der Waals surface area contributed by atoms with Crippen LogP contribution >= 0.6 is 0 Å². The zero-order chi connectivity index (χ0) is 13.9. The normalized spacial score (nSPS) is 12.0. The molecule has 0 radical (unpaired) electrons. The predicted molar refractivity (Wildman–Crippen MR) is 70.7 cm³/mol. The van der Waals surface area contributed by atoms with Crippen molar-refractivity contribution in [3.05, 3.63) is 28.8 Å². The number of aryl methyl sites for hydroxylation is 3. The molecule has 2 N–H and O–H groups in total. The molecule has 1 aromatic rings. The number of carbonyl (C=O) groups is 2. The van der Waals surface area contributed by atoms with E-state index in [9.17, 15) is 9.59 Å². The third kappa shape index (κ3) is 3.58. The van der Waals surface area contributed by atoms with E-state index in [4.69, 9.17) is 5.11 Å². The van der Waals surface area contributed by atoms with Crippen molar-refractivity contribution in [2.45, 2.75) is 34.1 Å². The standard InChI is InChI=1S/C14H19NO3/c1-8-5-9(2)13(10(3)6-8)15-12(16)7-11(4)14(17)18/h5-6,11H,7H2,1-4H3,(H,15,16)(H,17,18). The molecule has 0 fully saturated rings. The van der Waals surface area contributed by atoms with Gasteiger partial charge in [0.1, 0.15) is 0 Å². The average molecular weight is 249 g/mol. The summed E-state index contributed by atoms with van der Waals surface area (Å²) < 4.78 is 0. The van der Waals surface area contributed by atoms with Gasteiger partial charge in [0.05, 0.1) is 5.92 Å². The smallest absolute Gasteiger partial charge is 0.306 e. The van der Waals surface area contributed by atoms with Crippen LogP contribution in [0.1, 0.15) is 30.0 Å². The number of aliphatic carboxylic acids is 1. The van der Waals surface area contributed by atoms with Crippen molar-refractivity contribution < 1.29 is 14.7 Å². The van der Waals surface area contributed by atoms with E-state index < -0.39 is 11.9 Å². The van der Waals surface area contributed by atoms with Crippen LogP contribution in [0.25, 0.3) is 0 Å². The number of rotatable bonds is 4. The summed E-state index contributed by atoms with van der Waals surface area (Å²) in [6.45, 7) is 7.38. The van der Waals surface area contributed by atoms with Gasteiger partial charge in [-0.2, -0.15) is 0 Å². The monoisotopic (exact) mass is 249 g/mol. The zero-order valence-corrected chi connectivity index (χ0v) is 11.2. The molecule has 0 aliphatic rings. The maximum absolute atomic E-state index is 11.7. The predicted octanol–water partition coefficient (Wildman–Crippen LogP) is 2.66. The molecule has 1 aromatic carbocycles. The quantitative estimate of drug-likeness (QED) is 0.862. The number of benzene rings is 1. The highest BCUT2D eigenvalue weighted by Crippen LogP contribution is 2.22. The van der Waals surface area contributed by atoms with Crippen LogP contribution in [0.4, 0.5) is 5.69 Å². The van der Waals surface area contributed by atoms with Crippen LogP contribution in [-0.2, 0) is 9.59 Å². The maximum atomic E-state index is 11.7. The minimum atomic E-state index is -0.956. The summed E-state index contributed by atoms with van der Waals surface area (Å²) in [6.07, 6.45) is -0.0118. The van der Waals surface area contributed by atoms with E-state index in [1.54, 1.807) is 0 Å². The van der Waals surface area contributed by atoms with E-state index in [1.165, 1.54) is 6.92 Å². The molecule has 1 amide bonds. The fourth-order valence-corrected chi connectivity index (χ4v) is 1.93. The maximum Gasteiger partial charge on any atom is 0.306 e. The molecular formula is C14H19NO3. The molecule has 0 heterocycles. The zero-order valence-electron chi connectivity index (χ0n) is 11.2. The number of carbonyl (C=O) groups excluding carboxylic acids is 1. The molecule has 0 aliphatic heterocycles. The molecule has 98 valence electrons. The Bertz CT molecular complexity index is 457. The van der Waals surface area contributed by atoms with Gasteiger partial charge < -0.3 is 10.4 Å². The molecule has 1 atom stereocenters. The molecule has 0 aromatic heterocycles. The Kier molecular flexibility index (Phi) is 4.48. The molecule has 0 aliphatic carbocycles. The van der Waals surface area contributed by atoms with Gasteiger partial charge in [-0.3, -0.25) is 9.59 Å². The largest absolute Gasteiger partial charge is 0.481 e. The minimum absolute atomic E-state index is 0.0118. The van der Waals surface area contributed by atoms with E-state index in [2.05, 4.69) is 5.32 Å². The summed E-state index contributed by atoms with van der Waals surface area (Å²) >= 11 is 0. The summed E-state index contributed by atoms with van der Waals surface area (Å²) in [5, 5.41) is 11.6. The van der Waals surface area contributed by atoms with Crippen molar-refractivity contribution in [1.29, 1.82) is 0 Å². The van der Waals surface area contributed by atoms with Crippen molar-refractivity contribution in [3.8, 4) is 0 Å². The van der Waals surface area contributed by atoms with Crippen LogP contribution in [0.15, 0.2) is 12.1 Å². The number of hydrogen-bond acceptors (Lipinski definition) is 2. The summed E-state index contributed by atoms with van der Waals surface area (Å²) in [5.41, 5.74) is 3.90. The first-order chi connectivity index (χ1) is 8.31. The lowest BCUT2D eigenvalue weighted by atomic mass is 10.0. The van der Waals surface area contributed by atoms with Crippen LogP contribution in [0.2, 0.25) is 0 Å². The molecule has 1 unspecified atom stereocenters. The van der Waals surface area contributed by atoms with Crippen LogP contribution in [-0.4, -0.2) is 17.0 Å². The van der Waals surface area contributed by atoms with E-state index >= 15 is 0 Å². The first kappa shape index (κ1) is 14.2. The fraction of sp³-hybridized carbons (Fsp3) is 0.429. The minimum Gasteiger partial charge on any atom is -0.481 e. The molecule has 0 saturated heterocycles. The van der Waals surface area contributed by atoms with Gasteiger partial charge in [0.2, 0.25) is 5.91 Å². The lowest BCUT2D eigenvalue weighted by Crippen LogP contribution is -2.20. The van der Waals surface area contributed by atoms with Gasteiger partial charge in [-0.15, -0.1) is 0 Å². The lowest BCUT2D eigenvalue weighted by Gasteiger charge is -2.13. The summed E-state index contributed by atoms with van der Waals surface area (Å²) in [7, 11) is 0. The molecule has 0 spiro atoms. The Morgan fingerprint density at radius 2 is 1.72 bits per heavy atom. The Hall–Kier alpha value is -1.84. The van der Waals surface area contributed by atoms with E-state index in [0.717, 1.165) is 22.4 Å².